The van der Waals surface area contributed by atoms with Crippen molar-refractivity contribution in [3.05, 3.63) is 20.8 Å². The van der Waals surface area contributed by atoms with Crippen LogP contribution in [0.4, 0.5) is 23.0 Å². The number of nitrogens with zero attached hydrogens (tertiary/aromatic N) is 2. The number of thiophene rings is 1. The summed E-state index contributed by atoms with van der Waals surface area (Å²) >= 11 is 1.34. The van der Waals surface area contributed by atoms with Crippen LogP contribution in [-0.2, 0) is 4.74 Å². The predicted octanol–water partition coefficient (Wildman–Crippen LogP) is 3.63. The lowest BCUT2D eigenvalue weighted by atomic mass is 10.2. The van der Waals surface area contributed by atoms with Crippen LogP contribution in [-0.4, -0.2) is 20.3 Å². The molecular formula is C7H7BF4N2O2S. The van der Waals surface area contributed by atoms with Gasteiger partial charge in [-0.05, 0) is 6.92 Å². The van der Waals surface area contributed by atoms with E-state index in [0.717, 1.165) is 4.88 Å². The Balaban J connectivity index is 0.000000437. The fraction of sp³-hybridized carbons (Fsp3) is 0.286. The molecule has 0 unspecified atom stereocenters. The standard InChI is InChI=1S/C7H7N2O2S.BF4/c1-4-6(9-8)5(3-12-4)7(10)11-2;2-1(3,4)5/h3H,1-2H3;/q+1;-1. The van der Waals surface area contributed by atoms with Crippen LogP contribution < -0.4 is 0 Å². The van der Waals surface area contributed by atoms with E-state index in [2.05, 4.69) is 9.71 Å². The number of ether oxygens (including phenoxy) is 1. The molecule has 0 aromatic carbocycles. The first-order valence-corrected chi connectivity index (χ1v) is 4.97. The first-order chi connectivity index (χ1) is 7.70. The van der Waals surface area contributed by atoms with Crippen molar-refractivity contribution in [1.29, 1.82) is 5.39 Å². The Morgan fingerprint density at radius 1 is 1.47 bits per heavy atom. The van der Waals surface area contributed by atoms with E-state index < -0.39 is 13.2 Å². The summed E-state index contributed by atoms with van der Waals surface area (Å²) in [5, 5.41) is 10.2. The van der Waals surface area contributed by atoms with Gasteiger partial charge in [0.25, 0.3) is 0 Å². The fourth-order valence-electron chi connectivity index (χ4n) is 0.828. The van der Waals surface area contributed by atoms with Gasteiger partial charge in [0.15, 0.2) is 10.5 Å². The highest BCUT2D eigenvalue weighted by Crippen LogP contribution is 2.30. The fourth-order valence-corrected chi connectivity index (χ4v) is 1.59. The highest BCUT2D eigenvalue weighted by molar-refractivity contribution is 7.10. The van der Waals surface area contributed by atoms with Crippen molar-refractivity contribution >= 4 is 30.2 Å². The lowest BCUT2D eigenvalue weighted by Gasteiger charge is -1.94. The third-order valence-electron chi connectivity index (χ3n) is 1.45. The van der Waals surface area contributed by atoms with E-state index in [1.54, 1.807) is 12.3 Å². The normalized spacial score (nSPS) is 9.94. The lowest BCUT2D eigenvalue weighted by molar-refractivity contribution is 0.0602. The van der Waals surface area contributed by atoms with Gasteiger partial charge >= 0.3 is 18.9 Å². The van der Waals surface area contributed by atoms with Crippen molar-refractivity contribution in [2.45, 2.75) is 6.92 Å². The maximum atomic E-state index is 11.0. The van der Waals surface area contributed by atoms with E-state index in [4.69, 9.17) is 5.39 Å². The molecule has 0 saturated carbocycles. The highest BCUT2D eigenvalue weighted by atomic mass is 32.1. The zero-order chi connectivity index (χ0) is 13.6. The quantitative estimate of drug-likeness (QED) is 0.339. The molecule has 10 heteroatoms. The van der Waals surface area contributed by atoms with Gasteiger partial charge in [-0.25, -0.2) is 4.79 Å². The third-order valence-corrected chi connectivity index (χ3v) is 2.35. The minimum absolute atomic E-state index is 0.298. The number of esters is 1. The molecule has 1 heterocycles. The lowest BCUT2D eigenvalue weighted by Crippen LogP contribution is -2.02. The summed E-state index contributed by atoms with van der Waals surface area (Å²) in [5.41, 5.74) is 0.606. The second kappa shape index (κ2) is 6.19. The molecule has 4 nitrogen and oxygen atoms in total. The molecule has 0 amide bonds. The molecule has 1 aromatic rings. The van der Waals surface area contributed by atoms with Crippen LogP contribution in [0, 0.1) is 12.3 Å². The van der Waals surface area contributed by atoms with Gasteiger partial charge in [0, 0.05) is 5.38 Å². The van der Waals surface area contributed by atoms with Gasteiger partial charge in [0.1, 0.15) is 0 Å². The number of methoxy groups -OCH3 is 1. The van der Waals surface area contributed by atoms with Gasteiger partial charge in [-0.1, -0.05) is 0 Å². The summed E-state index contributed by atoms with van der Waals surface area (Å²) in [6.45, 7) is 1.77. The monoisotopic (exact) mass is 270 g/mol. The topological polar surface area (TPSA) is 54.5 Å². The van der Waals surface area contributed by atoms with Crippen LogP contribution in [0.1, 0.15) is 15.2 Å². The number of aryl methyl sites for hydroxylation is 1. The Labute approximate surface area is 97.9 Å². The molecule has 0 bridgehead atoms. The number of hydrogen-bond acceptors (Lipinski definition) is 4. The zero-order valence-corrected chi connectivity index (χ0v) is 9.60. The van der Waals surface area contributed by atoms with Gasteiger partial charge in [0.2, 0.25) is 5.39 Å². The Bertz CT molecular complexity index is 434. The minimum atomic E-state index is -6.00. The minimum Gasteiger partial charge on any atom is -0.465 e. The number of diazo groups is 1. The van der Waals surface area contributed by atoms with Crippen LogP contribution in [0.3, 0.4) is 0 Å². The molecule has 1 aromatic heterocycles. The maximum Gasteiger partial charge on any atom is 0.673 e. The molecular weight excluding hydrogens is 263 g/mol. The van der Waals surface area contributed by atoms with Gasteiger partial charge in [-0.15, -0.1) is 11.3 Å². The van der Waals surface area contributed by atoms with Gasteiger partial charge in [-0.2, -0.15) is 0 Å². The molecule has 0 aliphatic rings. The van der Waals surface area contributed by atoms with Crippen LogP contribution in [0.25, 0.3) is 4.98 Å². The first kappa shape index (κ1) is 15.4. The number of halogens is 4. The second-order valence-corrected chi connectivity index (χ2v) is 3.72. The molecule has 0 spiro atoms. The van der Waals surface area contributed by atoms with Crippen molar-refractivity contribution in [3.63, 3.8) is 0 Å². The first-order valence-electron chi connectivity index (χ1n) is 4.09. The molecule has 0 N–H and O–H groups in total. The largest absolute Gasteiger partial charge is 0.673 e. The SMILES string of the molecule is COC(=O)c1csc(C)c1[N+]#N.F[B-](F)(F)F. The molecule has 0 fully saturated rings. The molecule has 17 heavy (non-hydrogen) atoms. The van der Waals surface area contributed by atoms with Gasteiger partial charge < -0.3 is 22.0 Å². The number of hydrogen-bond donors (Lipinski definition) is 0. The molecule has 0 atom stereocenters. The molecule has 1 rings (SSSR count). The Morgan fingerprint density at radius 3 is 2.29 bits per heavy atom. The number of rotatable bonds is 1. The Morgan fingerprint density at radius 2 is 1.94 bits per heavy atom. The summed E-state index contributed by atoms with van der Waals surface area (Å²) in [6.07, 6.45) is 0. The van der Waals surface area contributed by atoms with Crippen molar-refractivity contribution < 1.29 is 26.8 Å². The van der Waals surface area contributed by atoms with Crippen molar-refractivity contribution in [2.75, 3.05) is 7.11 Å². The maximum absolute atomic E-state index is 11.0. The van der Waals surface area contributed by atoms with Crippen molar-refractivity contribution in [3.8, 4) is 0 Å². The van der Waals surface area contributed by atoms with Crippen molar-refractivity contribution in [2.24, 2.45) is 0 Å². The van der Waals surface area contributed by atoms with Gasteiger partial charge in [0.05, 0.1) is 12.0 Å². The zero-order valence-electron chi connectivity index (χ0n) is 8.79. The summed E-state index contributed by atoms with van der Waals surface area (Å²) in [7, 11) is -4.71. The molecule has 0 radical (unpaired) electrons. The van der Waals surface area contributed by atoms with E-state index in [1.807, 2.05) is 0 Å². The highest BCUT2D eigenvalue weighted by Gasteiger charge is 2.26. The predicted molar refractivity (Wildman–Crippen MR) is 55.3 cm³/mol. The van der Waals surface area contributed by atoms with E-state index in [9.17, 15) is 22.1 Å². The summed E-state index contributed by atoms with van der Waals surface area (Å²) < 4.78 is 43.5. The van der Waals surface area contributed by atoms with Crippen LogP contribution in [0.2, 0.25) is 0 Å². The summed E-state index contributed by atoms with van der Waals surface area (Å²) in [4.78, 5) is 14.8. The Kier molecular flexibility index (Phi) is 5.60. The molecule has 0 saturated heterocycles. The number of carbonyl (C=O) groups excluding carboxylic acids is 1. The van der Waals surface area contributed by atoms with E-state index in [1.165, 1.54) is 18.4 Å². The van der Waals surface area contributed by atoms with E-state index >= 15 is 0 Å². The van der Waals surface area contributed by atoms with Crippen molar-refractivity contribution in [1.82, 2.24) is 0 Å². The molecule has 0 aliphatic carbocycles. The van der Waals surface area contributed by atoms with Crippen LogP contribution in [0.5, 0.6) is 0 Å². The second-order valence-electron chi connectivity index (χ2n) is 2.64. The number of carbonyl (C=O) groups is 1. The van der Waals surface area contributed by atoms with E-state index in [-0.39, 0.29) is 0 Å². The summed E-state index contributed by atoms with van der Waals surface area (Å²) in [6, 6.07) is 0. The smallest absolute Gasteiger partial charge is 0.465 e. The third kappa shape index (κ3) is 5.86. The average Bonchev–Trinajstić information content (AvgIpc) is 2.55. The Hall–Kier alpha value is -1.63. The average molecular weight is 270 g/mol. The van der Waals surface area contributed by atoms with Gasteiger partial charge in [-0.3, -0.25) is 0 Å². The van der Waals surface area contributed by atoms with E-state index in [0.29, 0.717) is 11.3 Å². The van der Waals surface area contributed by atoms with Crippen LogP contribution >= 0.6 is 11.3 Å². The van der Waals surface area contributed by atoms with Crippen LogP contribution in [0.15, 0.2) is 5.38 Å². The molecule has 0 aliphatic heterocycles. The molecule has 94 valence electrons. The summed E-state index contributed by atoms with van der Waals surface area (Å²) in [5.74, 6) is -0.479.